The molecular formula is C14H15N3OS. The van der Waals surface area contributed by atoms with Crippen LogP contribution < -0.4 is 5.73 Å². The van der Waals surface area contributed by atoms with Gasteiger partial charge in [-0.2, -0.15) is 0 Å². The van der Waals surface area contributed by atoms with Crippen LogP contribution in [-0.2, 0) is 0 Å². The summed E-state index contributed by atoms with van der Waals surface area (Å²) >= 11 is 1.52. The van der Waals surface area contributed by atoms with Gasteiger partial charge in [-0.1, -0.05) is 23.9 Å². The maximum absolute atomic E-state index is 11.8. The lowest BCUT2D eigenvalue weighted by Gasteiger charge is -2.10. The van der Waals surface area contributed by atoms with Crippen LogP contribution in [-0.4, -0.2) is 29.9 Å². The Morgan fingerprint density at radius 1 is 1.26 bits per heavy atom. The van der Waals surface area contributed by atoms with Crippen molar-refractivity contribution < 1.29 is 4.79 Å². The third-order valence-electron chi connectivity index (χ3n) is 2.50. The van der Waals surface area contributed by atoms with Gasteiger partial charge in [0.2, 0.25) is 0 Å². The smallest absolute Gasteiger partial charge is 0.271 e. The van der Waals surface area contributed by atoms with Gasteiger partial charge in [-0.25, -0.2) is 0 Å². The predicted octanol–water partition coefficient (Wildman–Crippen LogP) is 2.52. The van der Waals surface area contributed by atoms with Crippen molar-refractivity contribution in [2.75, 3.05) is 19.8 Å². The van der Waals surface area contributed by atoms with Crippen LogP contribution in [0.3, 0.4) is 0 Å². The fraction of sp³-hybridized carbons (Fsp3) is 0.143. The number of hydrogen-bond donors (Lipinski definition) is 1. The molecule has 0 saturated carbocycles. The Morgan fingerprint density at radius 3 is 2.68 bits per heavy atom. The van der Waals surface area contributed by atoms with Crippen molar-refractivity contribution in [1.82, 2.24) is 9.88 Å². The number of carbonyl (C=O) groups excluding carboxylic acids is 1. The molecule has 2 rings (SSSR count). The van der Waals surface area contributed by atoms with Crippen LogP contribution in [0.4, 0.5) is 5.69 Å². The molecular weight excluding hydrogens is 258 g/mol. The SMILES string of the molecule is CN(C)C(=O)c1cc(Sc2ccccc2N)ccn1. The van der Waals surface area contributed by atoms with E-state index in [-0.39, 0.29) is 5.91 Å². The average Bonchev–Trinajstić information content (AvgIpc) is 2.41. The highest BCUT2D eigenvalue weighted by atomic mass is 32.2. The molecule has 0 bridgehead atoms. The molecule has 0 aliphatic rings. The number of para-hydroxylation sites is 1. The minimum absolute atomic E-state index is 0.108. The zero-order valence-corrected chi connectivity index (χ0v) is 11.6. The monoisotopic (exact) mass is 273 g/mol. The number of rotatable bonds is 3. The van der Waals surface area contributed by atoms with Gasteiger partial charge < -0.3 is 10.6 Å². The van der Waals surface area contributed by atoms with Gasteiger partial charge in [-0.15, -0.1) is 0 Å². The molecule has 4 nitrogen and oxygen atoms in total. The van der Waals surface area contributed by atoms with E-state index in [0.29, 0.717) is 5.69 Å². The largest absolute Gasteiger partial charge is 0.398 e. The first-order chi connectivity index (χ1) is 9.08. The molecule has 1 heterocycles. The second-order valence-electron chi connectivity index (χ2n) is 4.22. The van der Waals surface area contributed by atoms with Crippen LogP contribution in [0.25, 0.3) is 0 Å². The lowest BCUT2D eigenvalue weighted by Crippen LogP contribution is -2.22. The Kier molecular flexibility index (Phi) is 4.06. The maximum atomic E-state index is 11.8. The summed E-state index contributed by atoms with van der Waals surface area (Å²) in [5, 5.41) is 0. The Morgan fingerprint density at radius 2 is 2.00 bits per heavy atom. The zero-order valence-electron chi connectivity index (χ0n) is 10.8. The molecule has 0 unspecified atom stereocenters. The van der Waals surface area contributed by atoms with Crippen molar-refractivity contribution in [1.29, 1.82) is 0 Å². The summed E-state index contributed by atoms with van der Waals surface area (Å²) < 4.78 is 0. The molecule has 0 fully saturated rings. The first kappa shape index (κ1) is 13.4. The normalized spacial score (nSPS) is 10.2. The van der Waals surface area contributed by atoms with Gasteiger partial charge in [0.05, 0.1) is 0 Å². The van der Waals surface area contributed by atoms with Crippen molar-refractivity contribution in [2.24, 2.45) is 0 Å². The van der Waals surface area contributed by atoms with Crippen LogP contribution in [0.1, 0.15) is 10.5 Å². The van der Waals surface area contributed by atoms with Crippen molar-refractivity contribution in [3.8, 4) is 0 Å². The van der Waals surface area contributed by atoms with E-state index in [1.54, 1.807) is 26.4 Å². The number of nitrogens with zero attached hydrogens (tertiary/aromatic N) is 2. The van der Waals surface area contributed by atoms with Crippen molar-refractivity contribution in [3.05, 3.63) is 48.3 Å². The van der Waals surface area contributed by atoms with Gasteiger partial charge >= 0.3 is 0 Å². The molecule has 0 aliphatic carbocycles. The molecule has 98 valence electrons. The Bertz CT molecular complexity index is 599. The Labute approximate surface area is 116 Å². The van der Waals surface area contributed by atoms with Crippen LogP contribution in [0.5, 0.6) is 0 Å². The summed E-state index contributed by atoms with van der Waals surface area (Å²) in [6.45, 7) is 0. The standard InChI is InChI=1S/C14H15N3OS/c1-17(2)14(18)12-9-10(7-8-16-12)19-13-6-4-3-5-11(13)15/h3-9H,15H2,1-2H3. The van der Waals surface area contributed by atoms with Gasteiger partial charge in [-0.3, -0.25) is 9.78 Å². The van der Waals surface area contributed by atoms with Gasteiger partial charge in [0.25, 0.3) is 5.91 Å². The molecule has 1 aromatic carbocycles. The fourth-order valence-corrected chi connectivity index (χ4v) is 2.41. The van der Waals surface area contributed by atoms with E-state index in [1.807, 2.05) is 30.3 Å². The molecule has 0 atom stereocenters. The average molecular weight is 273 g/mol. The van der Waals surface area contributed by atoms with E-state index in [9.17, 15) is 4.79 Å². The summed E-state index contributed by atoms with van der Waals surface area (Å²) in [5.74, 6) is -0.108. The fourth-order valence-electron chi connectivity index (χ4n) is 1.52. The Hall–Kier alpha value is -2.01. The lowest BCUT2D eigenvalue weighted by atomic mass is 10.3. The second-order valence-corrected chi connectivity index (χ2v) is 5.33. The summed E-state index contributed by atoms with van der Waals surface area (Å²) in [6, 6.07) is 11.3. The third kappa shape index (κ3) is 3.26. The molecule has 1 aromatic heterocycles. The molecule has 0 saturated heterocycles. The van der Waals surface area contributed by atoms with Crippen molar-refractivity contribution >= 4 is 23.4 Å². The molecule has 0 radical (unpaired) electrons. The number of hydrogen-bond acceptors (Lipinski definition) is 4. The molecule has 2 aromatic rings. The Balaban J connectivity index is 2.25. The lowest BCUT2D eigenvalue weighted by molar-refractivity contribution is 0.0821. The first-order valence-corrected chi connectivity index (χ1v) is 6.59. The van der Waals surface area contributed by atoms with E-state index in [1.165, 1.54) is 16.7 Å². The molecule has 1 amide bonds. The van der Waals surface area contributed by atoms with E-state index < -0.39 is 0 Å². The van der Waals surface area contributed by atoms with Crippen molar-refractivity contribution in [3.63, 3.8) is 0 Å². The molecule has 19 heavy (non-hydrogen) atoms. The minimum atomic E-state index is -0.108. The predicted molar refractivity (Wildman–Crippen MR) is 77.2 cm³/mol. The number of anilines is 1. The highest BCUT2D eigenvalue weighted by molar-refractivity contribution is 7.99. The minimum Gasteiger partial charge on any atom is -0.398 e. The van der Waals surface area contributed by atoms with Gasteiger partial charge in [-0.05, 0) is 24.3 Å². The van der Waals surface area contributed by atoms with E-state index in [2.05, 4.69) is 4.98 Å². The van der Waals surface area contributed by atoms with E-state index >= 15 is 0 Å². The van der Waals surface area contributed by atoms with Gasteiger partial charge in [0.15, 0.2) is 0 Å². The number of benzene rings is 1. The van der Waals surface area contributed by atoms with Crippen LogP contribution >= 0.6 is 11.8 Å². The molecule has 0 spiro atoms. The first-order valence-electron chi connectivity index (χ1n) is 5.78. The maximum Gasteiger partial charge on any atom is 0.271 e. The number of amides is 1. The highest BCUT2D eigenvalue weighted by Gasteiger charge is 2.10. The van der Waals surface area contributed by atoms with Gasteiger partial charge in [0.1, 0.15) is 5.69 Å². The van der Waals surface area contributed by atoms with E-state index in [4.69, 9.17) is 5.73 Å². The number of carbonyl (C=O) groups is 1. The summed E-state index contributed by atoms with van der Waals surface area (Å²) in [4.78, 5) is 19.4. The highest BCUT2D eigenvalue weighted by Crippen LogP contribution is 2.31. The molecule has 0 aliphatic heterocycles. The van der Waals surface area contributed by atoms with Crippen LogP contribution in [0.15, 0.2) is 52.4 Å². The summed E-state index contributed by atoms with van der Waals surface area (Å²) in [7, 11) is 3.41. The third-order valence-corrected chi connectivity index (χ3v) is 3.58. The summed E-state index contributed by atoms with van der Waals surface area (Å²) in [5.41, 5.74) is 7.06. The topological polar surface area (TPSA) is 59.2 Å². The second kappa shape index (κ2) is 5.75. The van der Waals surface area contributed by atoms with Gasteiger partial charge in [0, 0.05) is 35.8 Å². The van der Waals surface area contributed by atoms with E-state index in [0.717, 1.165) is 15.5 Å². The molecule has 5 heteroatoms. The number of nitrogens with two attached hydrogens (primary N) is 1. The van der Waals surface area contributed by atoms with Crippen LogP contribution in [0.2, 0.25) is 0 Å². The zero-order chi connectivity index (χ0) is 13.8. The number of pyridine rings is 1. The number of aromatic nitrogens is 1. The quantitative estimate of drug-likeness (QED) is 0.873. The van der Waals surface area contributed by atoms with Crippen molar-refractivity contribution in [2.45, 2.75) is 9.79 Å². The number of nitrogen functional groups attached to an aromatic ring is 1. The van der Waals surface area contributed by atoms with Crippen LogP contribution in [0, 0.1) is 0 Å². The summed E-state index contributed by atoms with van der Waals surface area (Å²) in [6.07, 6.45) is 1.64. The molecule has 2 N–H and O–H groups in total.